The second kappa shape index (κ2) is 9.07. The number of thioether (sulfide) groups is 1. The fraction of sp³-hybridized carbons (Fsp3) is 0.611. The minimum absolute atomic E-state index is 0. The van der Waals surface area contributed by atoms with E-state index < -0.39 is 0 Å². The second-order valence-corrected chi connectivity index (χ2v) is 7.86. The van der Waals surface area contributed by atoms with Gasteiger partial charge in [0.1, 0.15) is 5.82 Å². The predicted molar refractivity (Wildman–Crippen MR) is 99.2 cm³/mol. The standard InChI is InChI=1S/C18H25FN2OS.ClH/c1-12(13-3-2-7-20-11-13)9-18(22)21-16-6-8-23-17-5-4-14(19)10-15(16)17;/h4-5,10,12-13,16,20H,2-3,6-9,11H2,1H3,(H,21,22);1H. The Morgan fingerprint density at radius 2 is 2.29 bits per heavy atom. The summed E-state index contributed by atoms with van der Waals surface area (Å²) >= 11 is 1.74. The molecule has 3 rings (SSSR count). The van der Waals surface area contributed by atoms with E-state index in [4.69, 9.17) is 0 Å². The van der Waals surface area contributed by atoms with Crippen molar-refractivity contribution < 1.29 is 9.18 Å². The molecule has 3 nitrogen and oxygen atoms in total. The fourth-order valence-corrected chi connectivity index (χ4v) is 4.70. The summed E-state index contributed by atoms with van der Waals surface area (Å²) in [6.45, 7) is 4.28. The van der Waals surface area contributed by atoms with Gasteiger partial charge in [0.2, 0.25) is 5.91 Å². The Labute approximate surface area is 154 Å². The molecular weight excluding hydrogens is 347 g/mol. The monoisotopic (exact) mass is 372 g/mol. The Morgan fingerprint density at radius 1 is 1.46 bits per heavy atom. The number of carbonyl (C=O) groups excluding carboxylic acids is 1. The average molecular weight is 373 g/mol. The highest BCUT2D eigenvalue weighted by Crippen LogP contribution is 2.36. The van der Waals surface area contributed by atoms with E-state index in [2.05, 4.69) is 17.6 Å². The lowest BCUT2D eigenvalue weighted by atomic mass is 9.85. The zero-order valence-corrected chi connectivity index (χ0v) is 15.6. The number of benzene rings is 1. The molecule has 1 saturated heterocycles. The highest BCUT2D eigenvalue weighted by molar-refractivity contribution is 7.99. The highest BCUT2D eigenvalue weighted by atomic mass is 35.5. The zero-order chi connectivity index (χ0) is 16.2. The van der Waals surface area contributed by atoms with E-state index in [1.165, 1.54) is 18.9 Å². The minimum Gasteiger partial charge on any atom is -0.349 e. The van der Waals surface area contributed by atoms with E-state index in [1.54, 1.807) is 17.8 Å². The van der Waals surface area contributed by atoms with Crippen LogP contribution >= 0.6 is 24.2 Å². The van der Waals surface area contributed by atoms with Crippen molar-refractivity contribution in [3.63, 3.8) is 0 Å². The van der Waals surface area contributed by atoms with Gasteiger partial charge in [-0.3, -0.25) is 4.79 Å². The number of halogens is 2. The van der Waals surface area contributed by atoms with Gasteiger partial charge in [-0.25, -0.2) is 4.39 Å². The molecule has 2 N–H and O–H groups in total. The summed E-state index contributed by atoms with van der Waals surface area (Å²) in [5, 5.41) is 6.55. The van der Waals surface area contributed by atoms with Gasteiger partial charge in [0.05, 0.1) is 6.04 Å². The first-order chi connectivity index (χ1) is 11.1. The van der Waals surface area contributed by atoms with E-state index >= 15 is 0 Å². The van der Waals surface area contributed by atoms with Crippen LogP contribution in [0.4, 0.5) is 4.39 Å². The summed E-state index contributed by atoms with van der Waals surface area (Å²) in [5.41, 5.74) is 0.932. The van der Waals surface area contributed by atoms with Gasteiger partial charge < -0.3 is 10.6 Å². The molecule has 24 heavy (non-hydrogen) atoms. The summed E-state index contributed by atoms with van der Waals surface area (Å²) in [6.07, 6.45) is 3.82. The van der Waals surface area contributed by atoms with Crippen molar-refractivity contribution in [2.45, 2.75) is 43.5 Å². The zero-order valence-electron chi connectivity index (χ0n) is 14.0. The lowest BCUT2D eigenvalue weighted by Crippen LogP contribution is -2.37. The van der Waals surface area contributed by atoms with Crippen LogP contribution in [0.1, 0.15) is 44.2 Å². The molecule has 1 fully saturated rings. The molecule has 0 saturated carbocycles. The maximum absolute atomic E-state index is 13.5. The van der Waals surface area contributed by atoms with E-state index in [1.807, 2.05) is 6.07 Å². The van der Waals surface area contributed by atoms with E-state index in [0.717, 1.165) is 35.7 Å². The van der Waals surface area contributed by atoms with Crippen molar-refractivity contribution in [1.82, 2.24) is 10.6 Å². The number of rotatable bonds is 4. The highest BCUT2D eigenvalue weighted by Gasteiger charge is 2.26. The van der Waals surface area contributed by atoms with Crippen LogP contribution < -0.4 is 10.6 Å². The molecule has 3 unspecified atom stereocenters. The molecule has 0 bridgehead atoms. The Kier molecular flexibility index (Phi) is 7.38. The van der Waals surface area contributed by atoms with Gasteiger partial charge >= 0.3 is 0 Å². The predicted octanol–water partition coefficient (Wildman–Crippen LogP) is 3.93. The topological polar surface area (TPSA) is 41.1 Å². The van der Waals surface area contributed by atoms with Crippen LogP contribution in [-0.4, -0.2) is 24.7 Å². The van der Waals surface area contributed by atoms with Crippen LogP contribution in [-0.2, 0) is 4.79 Å². The summed E-state index contributed by atoms with van der Waals surface area (Å²) < 4.78 is 13.5. The molecule has 0 aliphatic carbocycles. The Balaban J connectivity index is 0.00000208. The van der Waals surface area contributed by atoms with Crippen LogP contribution in [0.15, 0.2) is 23.1 Å². The normalized spacial score (nSPS) is 24.4. The molecule has 0 aromatic heterocycles. The molecule has 1 aromatic rings. The summed E-state index contributed by atoms with van der Waals surface area (Å²) in [6, 6.07) is 4.84. The van der Waals surface area contributed by atoms with Crippen LogP contribution in [0, 0.1) is 17.7 Å². The number of fused-ring (bicyclic) bond motifs is 1. The lowest BCUT2D eigenvalue weighted by molar-refractivity contribution is -0.123. The third-order valence-corrected chi connectivity index (χ3v) is 6.12. The van der Waals surface area contributed by atoms with Gasteiger partial charge in [-0.05, 0) is 68.0 Å². The molecular formula is C18H26ClFN2OS. The number of hydrogen-bond donors (Lipinski definition) is 2. The third kappa shape index (κ3) is 4.87. The van der Waals surface area contributed by atoms with Gasteiger partial charge in [0.15, 0.2) is 0 Å². The van der Waals surface area contributed by atoms with E-state index in [9.17, 15) is 9.18 Å². The summed E-state index contributed by atoms with van der Waals surface area (Å²) in [5.74, 6) is 1.79. The largest absolute Gasteiger partial charge is 0.349 e. The number of hydrogen-bond acceptors (Lipinski definition) is 3. The van der Waals surface area contributed by atoms with Crippen LogP contribution in [0.3, 0.4) is 0 Å². The quantitative estimate of drug-likeness (QED) is 0.841. The maximum atomic E-state index is 13.5. The Morgan fingerprint density at radius 3 is 3.04 bits per heavy atom. The van der Waals surface area contributed by atoms with Gasteiger partial charge in [-0.15, -0.1) is 24.2 Å². The van der Waals surface area contributed by atoms with E-state index in [0.29, 0.717) is 18.3 Å². The molecule has 2 aliphatic heterocycles. The Bertz CT molecular complexity index is 566. The van der Waals surface area contributed by atoms with E-state index in [-0.39, 0.29) is 30.2 Å². The Hall–Kier alpha value is -0.780. The van der Waals surface area contributed by atoms with Gasteiger partial charge in [-0.1, -0.05) is 6.92 Å². The first kappa shape index (κ1) is 19.5. The number of amides is 1. The number of nitrogens with one attached hydrogen (secondary N) is 2. The first-order valence-electron chi connectivity index (χ1n) is 8.56. The summed E-state index contributed by atoms with van der Waals surface area (Å²) in [7, 11) is 0. The van der Waals surface area contributed by atoms with Crippen molar-refractivity contribution in [1.29, 1.82) is 0 Å². The molecule has 1 amide bonds. The number of carbonyl (C=O) groups is 1. The molecule has 6 heteroatoms. The third-order valence-electron chi connectivity index (χ3n) is 4.99. The van der Waals surface area contributed by atoms with Crippen LogP contribution in [0.5, 0.6) is 0 Å². The maximum Gasteiger partial charge on any atom is 0.220 e. The van der Waals surface area contributed by atoms with Gasteiger partial charge in [-0.2, -0.15) is 0 Å². The molecule has 0 radical (unpaired) electrons. The molecule has 2 heterocycles. The number of piperidine rings is 1. The van der Waals surface area contributed by atoms with Crippen molar-refractivity contribution in [3.05, 3.63) is 29.6 Å². The lowest BCUT2D eigenvalue weighted by Gasteiger charge is -2.30. The average Bonchev–Trinajstić information content (AvgIpc) is 2.56. The van der Waals surface area contributed by atoms with Crippen LogP contribution in [0.25, 0.3) is 0 Å². The van der Waals surface area contributed by atoms with Crippen LogP contribution in [0.2, 0.25) is 0 Å². The first-order valence-corrected chi connectivity index (χ1v) is 9.54. The minimum atomic E-state index is -0.229. The van der Waals surface area contributed by atoms with Crippen molar-refractivity contribution >= 4 is 30.1 Å². The molecule has 1 aromatic carbocycles. The molecule has 0 spiro atoms. The fourth-order valence-electron chi connectivity index (χ4n) is 3.59. The molecule has 3 atom stereocenters. The van der Waals surface area contributed by atoms with Gasteiger partial charge in [0, 0.05) is 17.1 Å². The summed E-state index contributed by atoms with van der Waals surface area (Å²) in [4.78, 5) is 13.5. The second-order valence-electron chi connectivity index (χ2n) is 6.73. The molecule has 2 aliphatic rings. The SMILES string of the molecule is CC(CC(=O)NC1CCSc2ccc(F)cc21)C1CCCNC1.Cl. The van der Waals surface area contributed by atoms with Crippen molar-refractivity contribution in [2.24, 2.45) is 11.8 Å². The smallest absolute Gasteiger partial charge is 0.220 e. The van der Waals surface area contributed by atoms with Crippen molar-refractivity contribution in [2.75, 3.05) is 18.8 Å². The molecule has 134 valence electrons. The van der Waals surface area contributed by atoms with Gasteiger partial charge in [0.25, 0.3) is 0 Å². The van der Waals surface area contributed by atoms with Crippen molar-refractivity contribution in [3.8, 4) is 0 Å².